The van der Waals surface area contributed by atoms with E-state index in [0.29, 0.717) is 11.5 Å². The molecule has 5 atom stereocenters. The first-order valence-corrected chi connectivity index (χ1v) is 7.16. The fraction of sp³-hybridized carbons (Fsp3) is 0.533. The number of rotatable bonds is 5. The highest BCUT2D eigenvalue weighted by Gasteiger charge is 2.46. The van der Waals surface area contributed by atoms with E-state index in [1.807, 2.05) is 0 Å². The second-order valence-corrected chi connectivity index (χ2v) is 5.23. The normalized spacial score (nSPS) is 30.6. The number of hydrogen-bond donors (Lipinski definition) is 4. The second kappa shape index (κ2) is 7.60. The largest absolute Gasteiger partial charge is 0.497 e. The lowest BCUT2D eigenvalue weighted by Gasteiger charge is -2.42. The highest BCUT2D eigenvalue weighted by Crippen LogP contribution is 2.25. The van der Waals surface area contributed by atoms with Crippen LogP contribution in [0.15, 0.2) is 24.3 Å². The van der Waals surface area contributed by atoms with Crippen LogP contribution in [-0.4, -0.2) is 65.6 Å². The number of methoxy groups -OCH3 is 1. The fourth-order valence-electron chi connectivity index (χ4n) is 2.36. The zero-order chi connectivity index (χ0) is 17.0. The summed E-state index contributed by atoms with van der Waals surface area (Å²) in [4.78, 5) is 11.3. The molecular weight excluding hydrogens is 306 g/mol. The van der Waals surface area contributed by atoms with Crippen LogP contribution in [0.2, 0.25) is 0 Å². The van der Waals surface area contributed by atoms with Crippen molar-refractivity contribution in [1.29, 1.82) is 0 Å². The summed E-state index contributed by atoms with van der Waals surface area (Å²) in [6, 6.07) is 5.66. The van der Waals surface area contributed by atoms with Crippen molar-refractivity contribution >= 4 is 5.91 Å². The third-order valence-corrected chi connectivity index (χ3v) is 3.56. The van der Waals surface area contributed by atoms with Crippen LogP contribution in [0.1, 0.15) is 6.92 Å². The Bertz CT molecular complexity index is 521. The van der Waals surface area contributed by atoms with E-state index in [9.17, 15) is 20.1 Å². The molecule has 1 aromatic rings. The van der Waals surface area contributed by atoms with E-state index in [1.165, 1.54) is 14.0 Å². The van der Waals surface area contributed by atoms with Crippen molar-refractivity contribution in [3.63, 3.8) is 0 Å². The topological polar surface area (TPSA) is 117 Å². The summed E-state index contributed by atoms with van der Waals surface area (Å²) in [6.45, 7) is 0.787. The maximum absolute atomic E-state index is 11.3. The van der Waals surface area contributed by atoms with Crippen LogP contribution in [0.4, 0.5) is 0 Å². The zero-order valence-corrected chi connectivity index (χ0v) is 12.9. The van der Waals surface area contributed by atoms with Crippen molar-refractivity contribution in [2.45, 2.75) is 37.6 Å². The molecule has 4 N–H and O–H groups in total. The minimum absolute atomic E-state index is 0.407. The van der Waals surface area contributed by atoms with Gasteiger partial charge in [-0.2, -0.15) is 0 Å². The summed E-state index contributed by atoms with van der Waals surface area (Å²) in [5.41, 5.74) is 0. The Morgan fingerprint density at radius 3 is 2.35 bits per heavy atom. The lowest BCUT2D eigenvalue weighted by atomic mass is 9.97. The molecular formula is C15H21NO7. The van der Waals surface area contributed by atoms with E-state index in [4.69, 9.17) is 14.2 Å². The molecule has 0 aromatic heterocycles. The van der Waals surface area contributed by atoms with E-state index in [0.717, 1.165) is 0 Å². The predicted octanol–water partition coefficient (Wildman–Crippen LogP) is -0.982. The van der Waals surface area contributed by atoms with Crippen molar-refractivity contribution in [2.75, 3.05) is 13.7 Å². The van der Waals surface area contributed by atoms with Gasteiger partial charge in [-0.3, -0.25) is 4.79 Å². The molecule has 2 rings (SSSR count). The second-order valence-electron chi connectivity index (χ2n) is 5.23. The lowest BCUT2D eigenvalue weighted by molar-refractivity contribution is -0.244. The summed E-state index contributed by atoms with van der Waals surface area (Å²) in [5.74, 6) is 0.658. The number of carbonyl (C=O) groups is 1. The SMILES string of the molecule is COc1ccc(O[C@@H]2O[C@H](CO)[C@H](O)[C@H](O)[C@@H]2NC(C)=O)cc1. The highest BCUT2D eigenvalue weighted by molar-refractivity contribution is 5.73. The molecule has 23 heavy (non-hydrogen) atoms. The summed E-state index contributed by atoms with van der Waals surface area (Å²) in [5, 5.41) is 31.8. The number of aliphatic hydroxyl groups is 3. The summed E-state index contributed by atoms with van der Waals surface area (Å²) < 4.78 is 16.2. The van der Waals surface area contributed by atoms with Crippen LogP contribution < -0.4 is 14.8 Å². The minimum atomic E-state index is -1.34. The van der Waals surface area contributed by atoms with Crippen molar-refractivity contribution < 1.29 is 34.3 Å². The molecule has 1 amide bonds. The smallest absolute Gasteiger partial charge is 0.223 e. The molecule has 1 saturated heterocycles. The predicted molar refractivity (Wildman–Crippen MR) is 79.0 cm³/mol. The average molecular weight is 327 g/mol. The number of amides is 1. The maximum Gasteiger partial charge on any atom is 0.223 e. The van der Waals surface area contributed by atoms with Crippen LogP contribution in [-0.2, 0) is 9.53 Å². The molecule has 0 radical (unpaired) electrons. The monoisotopic (exact) mass is 327 g/mol. The van der Waals surface area contributed by atoms with Gasteiger partial charge in [0.25, 0.3) is 0 Å². The maximum atomic E-state index is 11.3. The van der Waals surface area contributed by atoms with Gasteiger partial charge in [0, 0.05) is 6.92 Å². The Morgan fingerprint density at radius 1 is 1.22 bits per heavy atom. The third kappa shape index (κ3) is 4.11. The molecule has 0 unspecified atom stereocenters. The zero-order valence-electron chi connectivity index (χ0n) is 12.9. The first kappa shape index (κ1) is 17.5. The Kier molecular flexibility index (Phi) is 5.78. The molecule has 128 valence electrons. The number of benzene rings is 1. The lowest BCUT2D eigenvalue weighted by Crippen LogP contribution is -2.65. The highest BCUT2D eigenvalue weighted by atomic mass is 16.7. The molecule has 1 heterocycles. The van der Waals surface area contributed by atoms with E-state index in [2.05, 4.69) is 5.32 Å². The Labute approximate surface area is 133 Å². The number of carbonyl (C=O) groups excluding carboxylic acids is 1. The van der Waals surface area contributed by atoms with Crippen LogP contribution in [0, 0.1) is 0 Å². The van der Waals surface area contributed by atoms with Gasteiger partial charge >= 0.3 is 0 Å². The molecule has 8 heteroatoms. The van der Waals surface area contributed by atoms with Gasteiger partial charge in [0.05, 0.1) is 13.7 Å². The van der Waals surface area contributed by atoms with Gasteiger partial charge in [0.2, 0.25) is 12.2 Å². The summed E-state index contributed by atoms with van der Waals surface area (Å²) >= 11 is 0. The van der Waals surface area contributed by atoms with Crippen LogP contribution in [0.3, 0.4) is 0 Å². The Hall–Kier alpha value is -1.87. The van der Waals surface area contributed by atoms with Gasteiger partial charge in [0.1, 0.15) is 35.9 Å². The van der Waals surface area contributed by atoms with Crippen LogP contribution in [0.5, 0.6) is 11.5 Å². The quantitative estimate of drug-likeness (QED) is 0.549. The van der Waals surface area contributed by atoms with Crippen molar-refractivity contribution in [3.8, 4) is 11.5 Å². The van der Waals surface area contributed by atoms with Crippen molar-refractivity contribution in [2.24, 2.45) is 0 Å². The minimum Gasteiger partial charge on any atom is -0.497 e. The summed E-state index contributed by atoms with van der Waals surface area (Å²) in [7, 11) is 1.54. The summed E-state index contributed by atoms with van der Waals surface area (Å²) in [6.07, 6.45) is -4.76. The number of ether oxygens (including phenoxy) is 3. The molecule has 0 aliphatic carbocycles. The van der Waals surface area contributed by atoms with Gasteiger partial charge in [-0.15, -0.1) is 0 Å². The van der Waals surface area contributed by atoms with E-state index < -0.39 is 43.2 Å². The molecule has 1 fully saturated rings. The van der Waals surface area contributed by atoms with Gasteiger partial charge in [-0.25, -0.2) is 0 Å². The molecule has 0 bridgehead atoms. The van der Waals surface area contributed by atoms with Gasteiger partial charge in [0.15, 0.2) is 0 Å². The van der Waals surface area contributed by atoms with Crippen molar-refractivity contribution in [1.82, 2.24) is 5.32 Å². The van der Waals surface area contributed by atoms with Gasteiger partial charge in [-0.05, 0) is 24.3 Å². The third-order valence-electron chi connectivity index (χ3n) is 3.56. The Morgan fingerprint density at radius 2 is 1.83 bits per heavy atom. The van der Waals surface area contributed by atoms with Gasteiger partial charge in [-0.1, -0.05) is 0 Å². The number of hydrogen-bond acceptors (Lipinski definition) is 7. The molecule has 1 aliphatic rings. The number of aliphatic hydroxyl groups excluding tert-OH is 3. The first-order chi connectivity index (χ1) is 11.0. The van der Waals surface area contributed by atoms with Crippen LogP contribution >= 0.6 is 0 Å². The van der Waals surface area contributed by atoms with E-state index in [1.54, 1.807) is 24.3 Å². The standard InChI is InChI=1S/C15H21NO7/c1-8(18)16-12-14(20)13(19)11(7-17)23-15(12)22-10-5-3-9(21-2)4-6-10/h3-6,11-15,17,19-20H,7H2,1-2H3,(H,16,18)/t11-,12+,13+,14-,15-/m1/s1. The number of nitrogens with one attached hydrogen (secondary N) is 1. The molecule has 8 nitrogen and oxygen atoms in total. The van der Waals surface area contributed by atoms with Crippen molar-refractivity contribution in [3.05, 3.63) is 24.3 Å². The first-order valence-electron chi connectivity index (χ1n) is 7.16. The molecule has 1 aliphatic heterocycles. The Balaban J connectivity index is 2.17. The van der Waals surface area contributed by atoms with E-state index >= 15 is 0 Å². The van der Waals surface area contributed by atoms with Crippen LogP contribution in [0.25, 0.3) is 0 Å². The average Bonchev–Trinajstić information content (AvgIpc) is 2.54. The van der Waals surface area contributed by atoms with Gasteiger partial charge < -0.3 is 34.8 Å². The van der Waals surface area contributed by atoms with E-state index in [-0.39, 0.29) is 0 Å². The molecule has 0 saturated carbocycles. The fourth-order valence-corrected chi connectivity index (χ4v) is 2.36. The molecule has 1 aromatic carbocycles. The molecule has 0 spiro atoms.